The van der Waals surface area contributed by atoms with Gasteiger partial charge >= 0.3 is 0 Å². The first-order chi connectivity index (χ1) is 7.31. The smallest absolute Gasteiger partial charge is 0.0468 e. The molecule has 0 saturated carbocycles. The lowest BCUT2D eigenvalue weighted by molar-refractivity contribution is 0.976. The fraction of sp³-hybridized carbons (Fsp3) is 0.182. The Bertz CT molecular complexity index is 459. The van der Waals surface area contributed by atoms with Gasteiger partial charge in [-0.15, -0.1) is 0 Å². The van der Waals surface area contributed by atoms with Crippen LogP contribution in [-0.2, 0) is 6.42 Å². The number of rotatable bonds is 2. The lowest BCUT2D eigenvalue weighted by Gasteiger charge is -1.95. The first-order valence-electron chi connectivity index (χ1n) is 4.52. The van der Waals surface area contributed by atoms with Gasteiger partial charge in [-0.25, -0.2) is 5.26 Å². The van der Waals surface area contributed by atoms with Gasteiger partial charge in [0.25, 0.3) is 0 Å². The van der Waals surface area contributed by atoms with Crippen molar-refractivity contribution in [1.82, 2.24) is 4.98 Å². The molecule has 0 amide bonds. The van der Waals surface area contributed by atoms with Gasteiger partial charge in [0.05, 0.1) is 0 Å². The molecule has 0 atom stereocenters. The highest BCUT2D eigenvalue weighted by atomic mass is 79.9. The van der Waals surface area contributed by atoms with Gasteiger partial charge in [-0.2, -0.15) is 0 Å². The van der Waals surface area contributed by atoms with Crippen molar-refractivity contribution >= 4 is 26.8 Å². The monoisotopic (exact) mass is 265 g/mol. The molecule has 1 aromatic carbocycles. The molecule has 3 nitrogen and oxygen atoms in total. The van der Waals surface area contributed by atoms with Gasteiger partial charge < -0.3 is 10.7 Å². The van der Waals surface area contributed by atoms with E-state index in [0.717, 1.165) is 16.4 Å². The predicted molar refractivity (Wildman–Crippen MR) is 65.4 cm³/mol. The Labute approximate surface area is 97.0 Å². The molecule has 0 fully saturated rings. The van der Waals surface area contributed by atoms with Crippen LogP contribution in [0.4, 0.5) is 0 Å². The maximum absolute atomic E-state index is 6.50. The Hall–Kier alpha value is -1.31. The van der Waals surface area contributed by atoms with Crippen LogP contribution >= 0.6 is 15.9 Å². The minimum absolute atomic E-state index is 0.697. The third-order valence-corrected chi connectivity index (χ3v) is 2.64. The highest BCUT2D eigenvalue weighted by Gasteiger charge is 2.02. The Balaban J connectivity index is 0.000000531. The molecule has 0 bridgehead atoms. The first kappa shape index (κ1) is 11.8. The van der Waals surface area contributed by atoms with Crippen molar-refractivity contribution in [2.75, 3.05) is 6.54 Å². The van der Waals surface area contributed by atoms with Crippen LogP contribution in [-0.4, -0.2) is 11.5 Å². The fourth-order valence-corrected chi connectivity index (χ4v) is 1.88. The van der Waals surface area contributed by atoms with E-state index in [4.69, 9.17) is 11.0 Å². The molecule has 2 rings (SSSR count). The number of nitrogens with one attached hydrogen (secondary N) is 1. The van der Waals surface area contributed by atoms with E-state index in [-0.39, 0.29) is 0 Å². The molecule has 3 N–H and O–H groups in total. The maximum Gasteiger partial charge on any atom is 0.0468 e. The van der Waals surface area contributed by atoms with Crippen LogP contribution in [0, 0.1) is 11.8 Å². The molecule has 0 spiro atoms. The second kappa shape index (κ2) is 5.54. The number of hydrogen-bond acceptors (Lipinski definition) is 2. The van der Waals surface area contributed by atoms with Gasteiger partial charge in [0, 0.05) is 28.1 Å². The Morgan fingerprint density at radius 2 is 2.13 bits per heavy atom. The first-order valence-corrected chi connectivity index (χ1v) is 5.32. The van der Waals surface area contributed by atoms with Gasteiger partial charge in [-0.3, -0.25) is 0 Å². The third-order valence-electron chi connectivity index (χ3n) is 2.14. The summed E-state index contributed by atoms with van der Waals surface area (Å²) in [6.45, 7) is 4.20. The Kier molecular flexibility index (Phi) is 4.35. The molecular weight excluding hydrogens is 254 g/mol. The van der Waals surface area contributed by atoms with Gasteiger partial charge in [-0.1, -0.05) is 22.0 Å². The van der Waals surface area contributed by atoms with Gasteiger partial charge in [0.1, 0.15) is 0 Å². The largest absolute Gasteiger partial charge is 0.361 e. The number of H-pyrrole nitrogens is 1. The zero-order valence-corrected chi connectivity index (χ0v) is 9.79. The third kappa shape index (κ3) is 2.58. The number of fused-ring (bicyclic) bond motifs is 1. The zero-order valence-electron chi connectivity index (χ0n) is 8.20. The number of nitriles is 1. The molecular formula is C11H12BrN3. The number of nitrogens with two attached hydrogens (primary N) is 1. The maximum atomic E-state index is 6.50. The van der Waals surface area contributed by atoms with E-state index in [1.807, 2.05) is 6.20 Å². The SMILES string of the molecule is C#N.NCCc1c[nH]c2cc(Br)ccc12. The number of hydrogen-bond donors (Lipinski definition) is 2. The van der Waals surface area contributed by atoms with Crippen LogP contribution in [0.2, 0.25) is 0 Å². The van der Waals surface area contributed by atoms with Crippen LogP contribution in [0.25, 0.3) is 10.9 Å². The minimum atomic E-state index is 0.697. The van der Waals surface area contributed by atoms with Gasteiger partial charge in [0.2, 0.25) is 0 Å². The molecule has 0 unspecified atom stereocenters. The molecule has 0 aliphatic carbocycles. The van der Waals surface area contributed by atoms with E-state index >= 15 is 0 Å². The van der Waals surface area contributed by atoms with E-state index in [1.54, 1.807) is 0 Å². The Morgan fingerprint density at radius 1 is 1.40 bits per heavy atom. The average Bonchev–Trinajstić information content (AvgIpc) is 2.64. The number of nitrogens with zero attached hydrogens (tertiary/aromatic N) is 1. The number of halogens is 1. The Morgan fingerprint density at radius 3 is 2.80 bits per heavy atom. The van der Waals surface area contributed by atoms with E-state index in [9.17, 15) is 0 Å². The summed E-state index contributed by atoms with van der Waals surface area (Å²) in [5.74, 6) is 0. The van der Waals surface area contributed by atoms with Crippen molar-refractivity contribution in [1.29, 1.82) is 5.26 Å². The molecule has 4 heteroatoms. The number of aromatic nitrogens is 1. The molecule has 1 heterocycles. The average molecular weight is 266 g/mol. The zero-order chi connectivity index (χ0) is 11.3. The fourth-order valence-electron chi connectivity index (χ4n) is 1.52. The molecule has 0 radical (unpaired) electrons. The van der Waals surface area contributed by atoms with E-state index in [2.05, 4.69) is 45.7 Å². The normalized spacial score (nSPS) is 9.60. The quantitative estimate of drug-likeness (QED) is 0.877. The highest BCUT2D eigenvalue weighted by molar-refractivity contribution is 9.10. The van der Waals surface area contributed by atoms with Crippen LogP contribution in [0.5, 0.6) is 0 Å². The summed E-state index contributed by atoms with van der Waals surface area (Å²) in [6, 6.07) is 6.24. The standard InChI is InChI=1S/C10H11BrN2.CHN/c11-8-1-2-9-7(3-4-12)6-13-10(9)5-8;1-2/h1-2,5-6,13H,3-4,12H2;1H. The number of benzene rings is 1. The lowest BCUT2D eigenvalue weighted by atomic mass is 10.1. The summed E-state index contributed by atoms with van der Waals surface area (Å²) in [4.78, 5) is 3.23. The molecule has 78 valence electrons. The lowest BCUT2D eigenvalue weighted by Crippen LogP contribution is -2.01. The summed E-state index contributed by atoms with van der Waals surface area (Å²) in [5.41, 5.74) is 7.98. The topological polar surface area (TPSA) is 65.6 Å². The van der Waals surface area contributed by atoms with Crippen molar-refractivity contribution in [3.8, 4) is 6.57 Å². The van der Waals surface area contributed by atoms with Crippen LogP contribution in [0.1, 0.15) is 5.56 Å². The molecule has 0 aliphatic heterocycles. The molecule has 1 aromatic heterocycles. The summed E-state index contributed by atoms with van der Waals surface area (Å²) >= 11 is 3.44. The van der Waals surface area contributed by atoms with E-state index in [1.165, 1.54) is 10.9 Å². The van der Waals surface area contributed by atoms with E-state index < -0.39 is 0 Å². The molecule has 0 aliphatic rings. The summed E-state index contributed by atoms with van der Waals surface area (Å²) in [5, 5.41) is 7.77. The minimum Gasteiger partial charge on any atom is -0.361 e. The van der Waals surface area contributed by atoms with Gasteiger partial charge in [-0.05, 0) is 30.7 Å². The van der Waals surface area contributed by atoms with Crippen LogP contribution in [0.15, 0.2) is 28.9 Å². The van der Waals surface area contributed by atoms with Crippen molar-refractivity contribution in [2.24, 2.45) is 5.73 Å². The van der Waals surface area contributed by atoms with Crippen molar-refractivity contribution in [3.63, 3.8) is 0 Å². The molecule has 2 aromatic rings. The molecule has 15 heavy (non-hydrogen) atoms. The van der Waals surface area contributed by atoms with Crippen LogP contribution in [0.3, 0.4) is 0 Å². The van der Waals surface area contributed by atoms with E-state index in [0.29, 0.717) is 6.54 Å². The van der Waals surface area contributed by atoms with Crippen molar-refractivity contribution in [2.45, 2.75) is 6.42 Å². The second-order valence-corrected chi connectivity index (χ2v) is 3.96. The summed E-state index contributed by atoms with van der Waals surface area (Å²) in [6.07, 6.45) is 2.96. The summed E-state index contributed by atoms with van der Waals surface area (Å²) in [7, 11) is 0. The second-order valence-electron chi connectivity index (χ2n) is 3.04. The number of aromatic amines is 1. The van der Waals surface area contributed by atoms with Crippen molar-refractivity contribution in [3.05, 3.63) is 34.4 Å². The predicted octanol–water partition coefficient (Wildman–Crippen LogP) is 2.57. The molecule has 0 saturated heterocycles. The van der Waals surface area contributed by atoms with Gasteiger partial charge in [0.15, 0.2) is 0 Å². The summed E-state index contributed by atoms with van der Waals surface area (Å²) < 4.78 is 1.10. The van der Waals surface area contributed by atoms with Crippen molar-refractivity contribution < 1.29 is 0 Å². The highest BCUT2D eigenvalue weighted by Crippen LogP contribution is 2.22. The van der Waals surface area contributed by atoms with Crippen LogP contribution < -0.4 is 5.73 Å².